The molecule has 0 amide bonds. The van der Waals surface area contributed by atoms with E-state index in [0.29, 0.717) is 0 Å². The van der Waals surface area contributed by atoms with E-state index in [1.54, 1.807) is 11.3 Å². The zero-order chi connectivity index (χ0) is 10.8. The summed E-state index contributed by atoms with van der Waals surface area (Å²) in [7, 11) is 0. The Bertz CT molecular complexity index is 454. The first-order valence-corrected chi connectivity index (χ1v) is 6.89. The minimum absolute atomic E-state index is 0.0330. The second-order valence-corrected chi connectivity index (χ2v) is 5.85. The standard InChI is InChI=1S/C11H9Br2NS/c12-8-4-3-7(6-9(8)13)11(14)10-2-1-5-15-10/h1-6,11H,14H2/t11-/m0/s1. The van der Waals surface area contributed by atoms with Crippen LogP contribution in [-0.4, -0.2) is 0 Å². The van der Waals surface area contributed by atoms with Gasteiger partial charge in [0.15, 0.2) is 0 Å². The molecule has 1 aromatic heterocycles. The Morgan fingerprint density at radius 2 is 1.93 bits per heavy atom. The lowest BCUT2D eigenvalue weighted by atomic mass is 10.1. The largest absolute Gasteiger partial charge is 0.320 e. The fourth-order valence-electron chi connectivity index (χ4n) is 1.34. The van der Waals surface area contributed by atoms with E-state index in [1.807, 2.05) is 23.6 Å². The van der Waals surface area contributed by atoms with Gasteiger partial charge in [-0.2, -0.15) is 0 Å². The molecule has 1 heterocycles. The normalized spacial score (nSPS) is 12.7. The number of hydrogen-bond acceptors (Lipinski definition) is 2. The highest BCUT2D eigenvalue weighted by Gasteiger charge is 2.10. The molecule has 78 valence electrons. The fraction of sp³-hybridized carbons (Fsp3) is 0.0909. The van der Waals surface area contributed by atoms with Crippen molar-refractivity contribution in [2.75, 3.05) is 0 Å². The van der Waals surface area contributed by atoms with Crippen LogP contribution in [0.15, 0.2) is 44.7 Å². The Balaban J connectivity index is 2.34. The quantitative estimate of drug-likeness (QED) is 0.860. The molecule has 0 saturated carbocycles. The summed E-state index contributed by atoms with van der Waals surface area (Å²) in [6, 6.07) is 10.1. The summed E-state index contributed by atoms with van der Waals surface area (Å²) in [6.45, 7) is 0. The molecule has 1 aromatic carbocycles. The molecular formula is C11H9Br2NS. The molecular weight excluding hydrogens is 338 g/mol. The maximum atomic E-state index is 6.15. The Morgan fingerprint density at radius 3 is 2.53 bits per heavy atom. The molecule has 0 aliphatic carbocycles. The lowest BCUT2D eigenvalue weighted by Gasteiger charge is -2.10. The van der Waals surface area contributed by atoms with Gasteiger partial charge in [0.2, 0.25) is 0 Å². The van der Waals surface area contributed by atoms with Crippen molar-refractivity contribution >= 4 is 43.2 Å². The summed E-state index contributed by atoms with van der Waals surface area (Å²) in [5, 5.41) is 2.04. The summed E-state index contributed by atoms with van der Waals surface area (Å²) in [5.41, 5.74) is 7.27. The number of hydrogen-bond donors (Lipinski definition) is 1. The summed E-state index contributed by atoms with van der Waals surface area (Å²) in [4.78, 5) is 1.18. The molecule has 2 aromatic rings. The van der Waals surface area contributed by atoms with Crippen LogP contribution in [0.4, 0.5) is 0 Å². The van der Waals surface area contributed by atoms with Gasteiger partial charge in [-0.3, -0.25) is 0 Å². The number of rotatable bonds is 2. The molecule has 0 bridgehead atoms. The van der Waals surface area contributed by atoms with E-state index in [-0.39, 0.29) is 6.04 Å². The van der Waals surface area contributed by atoms with Crippen LogP contribution in [0.2, 0.25) is 0 Å². The van der Waals surface area contributed by atoms with Crippen LogP contribution >= 0.6 is 43.2 Å². The van der Waals surface area contributed by atoms with Crippen LogP contribution in [0, 0.1) is 0 Å². The summed E-state index contributed by atoms with van der Waals surface area (Å²) < 4.78 is 2.08. The Morgan fingerprint density at radius 1 is 1.13 bits per heavy atom. The lowest BCUT2D eigenvalue weighted by Crippen LogP contribution is -2.09. The molecule has 0 aliphatic heterocycles. The summed E-state index contributed by atoms with van der Waals surface area (Å²) in [6.07, 6.45) is 0. The minimum Gasteiger partial charge on any atom is -0.320 e. The molecule has 2 N–H and O–H groups in total. The second kappa shape index (κ2) is 4.78. The monoisotopic (exact) mass is 345 g/mol. The number of nitrogens with two attached hydrogens (primary N) is 1. The van der Waals surface area contributed by atoms with Gasteiger partial charge in [-0.1, -0.05) is 12.1 Å². The lowest BCUT2D eigenvalue weighted by molar-refractivity contribution is 0.892. The molecule has 0 radical (unpaired) electrons. The first-order chi connectivity index (χ1) is 7.18. The van der Waals surface area contributed by atoms with Crippen LogP contribution < -0.4 is 5.73 Å². The maximum absolute atomic E-state index is 6.15. The third-order valence-corrected chi connectivity index (χ3v) is 4.99. The van der Waals surface area contributed by atoms with Crippen LogP contribution in [0.25, 0.3) is 0 Å². The molecule has 0 fully saturated rings. The third kappa shape index (κ3) is 2.50. The first-order valence-electron chi connectivity index (χ1n) is 4.42. The van der Waals surface area contributed by atoms with Crippen molar-refractivity contribution in [1.82, 2.24) is 0 Å². The van der Waals surface area contributed by atoms with Crippen molar-refractivity contribution in [2.45, 2.75) is 6.04 Å². The zero-order valence-electron chi connectivity index (χ0n) is 7.78. The second-order valence-electron chi connectivity index (χ2n) is 3.17. The zero-order valence-corrected chi connectivity index (χ0v) is 11.8. The van der Waals surface area contributed by atoms with Gasteiger partial charge in [0.1, 0.15) is 0 Å². The van der Waals surface area contributed by atoms with Crippen LogP contribution in [-0.2, 0) is 0 Å². The number of benzene rings is 1. The summed E-state index contributed by atoms with van der Waals surface area (Å²) >= 11 is 8.60. The molecule has 0 unspecified atom stereocenters. The molecule has 0 spiro atoms. The van der Waals surface area contributed by atoms with Crippen LogP contribution in [0.3, 0.4) is 0 Å². The Kier molecular flexibility index (Phi) is 3.61. The van der Waals surface area contributed by atoms with Gasteiger partial charge in [-0.15, -0.1) is 11.3 Å². The highest BCUT2D eigenvalue weighted by Crippen LogP contribution is 2.29. The molecule has 0 aliphatic rings. The van der Waals surface area contributed by atoms with E-state index in [4.69, 9.17) is 5.73 Å². The van der Waals surface area contributed by atoms with Gasteiger partial charge >= 0.3 is 0 Å². The maximum Gasteiger partial charge on any atom is 0.0646 e. The number of halogens is 2. The highest BCUT2D eigenvalue weighted by atomic mass is 79.9. The predicted octanol–water partition coefficient (Wildman–Crippen LogP) is 4.32. The predicted molar refractivity (Wildman–Crippen MR) is 72.2 cm³/mol. The van der Waals surface area contributed by atoms with E-state index < -0.39 is 0 Å². The third-order valence-electron chi connectivity index (χ3n) is 2.15. The van der Waals surface area contributed by atoms with E-state index in [9.17, 15) is 0 Å². The average Bonchev–Trinajstić information content (AvgIpc) is 2.74. The Labute approximate surface area is 110 Å². The highest BCUT2D eigenvalue weighted by molar-refractivity contribution is 9.13. The van der Waals surface area contributed by atoms with Gasteiger partial charge < -0.3 is 5.73 Å². The average molecular weight is 347 g/mol. The van der Waals surface area contributed by atoms with Crippen molar-refractivity contribution in [1.29, 1.82) is 0 Å². The van der Waals surface area contributed by atoms with Gasteiger partial charge in [0, 0.05) is 13.8 Å². The van der Waals surface area contributed by atoms with Crippen LogP contribution in [0.5, 0.6) is 0 Å². The molecule has 15 heavy (non-hydrogen) atoms. The van der Waals surface area contributed by atoms with Gasteiger partial charge in [-0.25, -0.2) is 0 Å². The van der Waals surface area contributed by atoms with Gasteiger partial charge in [-0.05, 0) is 61.0 Å². The molecule has 1 nitrogen and oxygen atoms in total. The van der Waals surface area contributed by atoms with E-state index >= 15 is 0 Å². The fourth-order valence-corrected chi connectivity index (χ4v) is 2.74. The van der Waals surface area contributed by atoms with Crippen molar-refractivity contribution < 1.29 is 0 Å². The van der Waals surface area contributed by atoms with Crippen molar-refractivity contribution in [3.8, 4) is 0 Å². The van der Waals surface area contributed by atoms with E-state index in [1.165, 1.54) is 4.88 Å². The molecule has 0 saturated heterocycles. The van der Waals surface area contributed by atoms with Crippen molar-refractivity contribution in [3.63, 3.8) is 0 Å². The van der Waals surface area contributed by atoms with Gasteiger partial charge in [0.05, 0.1) is 6.04 Å². The topological polar surface area (TPSA) is 26.0 Å². The molecule has 4 heteroatoms. The van der Waals surface area contributed by atoms with E-state index in [2.05, 4.69) is 44.0 Å². The minimum atomic E-state index is -0.0330. The SMILES string of the molecule is N[C@@H](c1ccc(Br)c(Br)c1)c1cccs1. The molecule has 2 rings (SSSR count). The van der Waals surface area contributed by atoms with Crippen molar-refractivity contribution in [2.24, 2.45) is 5.73 Å². The number of thiophene rings is 1. The Hall–Kier alpha value is -0.160. The van der Waals surface area contributed by atoms with Crippen molar-refractivity contribution in [3.05, 3.63) is 55.1 Å². The van der Waals surface area contributed by atoms with Gasteiger partial charge in [0.25, 0.3) is 0 Å². The van der Waals surface area contributed by atoms with E-state index in [0.717, 1.165) is 14.5 Å². The summed E-state index contributed by atoms with van der Waals surface area (Å²) in [5.74, 6) is 0. The smallest absolute Gasteiger partial charge is 0.0646 e. The first kappa shape index (κ1) is 11.3. The van der Waals surface area contributed by atoms with Crippen LogP contribution in [0.1, 0.15) is 16.5 Å². The molecule has 1 atom stereocenters.